The monoisotopic (exact) mass is 363 g/mol. The van der Waals surface area contributed by atoms with Crippen LogP contribution in [0, 0.1) is 11.8 Å². The molecule has 1 unspecified atom stereocenters. The minimum absolute atomic E-state index is 0.127. The highest BCUT2D eigenvalue weighted by Crippen LogP contribution is 2.43. The Hall–Kier alpha value is -2.96. The van der Waals surface area contributed by atoms with Gasteiger partial charge in [0.25, 0.3) is 0 Å². The zero-order chi connectivity index (χ0) is 18.2. The summed E-state index contributed by atoms with van der Waals surface area (Å²) in [6.45, 7) is 0. The molecular weight excluding hydrogens is 342 g/mol. The fraction of sp³-hybridized carbons (Fsp3) is 0.400. The second-order valence-corrected chi connectivity index (χ2v) is 7.60. The fourth-order valence-corrected chi connectivity index (χ4v) is 4.49. The Morgan fingerprint density at radius 2 is 1.81 bits per heavy atom. The average molecular weight is 363 g/mol. The molecule has 5 rings (SSSR count). The van der Waals surface area contributed by atoms with Crippen molar-refractivity contribution in [3.63, 3.8) is 0 Å². The molecule has 2 aromatic heterocycles. The lowest BCUT2D eigenvalue weighted by atomic mass is 9.87. The van der Waals surface area contributed by atoms with Gasteiger partial charge >= 0.3 is 0 Å². The van der Waals surface area contributed by atoms with Crippen molar-refractivity contribution in [2.45, 2.75) is 38.2 Å². The van der Waals surface area contributed by atoms with Crippen LogP contribution < -0.4 is 4.74 Å². The first-order chi connectivity index (χ1) is 13.2. The van der Waals surface area contributed by atoms with Gasteiger partial charge in [0.15, 0.2) is 0 Å². The maximum absolute atomic E-state index is 10.4. The van der Waals surface area contributed by atoms with Gasteiger partial charge in [0.1, 0.15) is 17.5 Å². The highest BCUT2D eigenvalue weighted by molar-refractivity contribution is 5.72. The van der Waals surface area contributed by atoms with Gasteiger partial charge in [-0.1, -0.05) is 18.9 Å². The van der Waals surface area contributed by atoms with E-state index in [1.165, 1.54) is 19.3 Å². The van der Waals surface area contributed by atoms with E-state index >= 15 is 0 Å². The van der Waals surface area contributed by atoms with Gasteiger partial charge in [-0.15, -0.1) is 10.2 Å². The van der Waals surface area contributed by atoms with Crippen LogP contribution in [0.2, 0.25) is 0 Å². The zero-order valence-corrected chi connectivity index (χ0v) is 14.9. The summed E-state index contributed by atoms with van der Waals surface area (Å²) in [6, 6.07) is 9.00. The molecule has 2 N–H and O–H groups in total. The molecule has 1 aromatic carbocycles. The van der Waals surface area contributed by atoms with Crippen molar-refractivity contribution in [3.05, 3.63) is 36.5 Å². The molecule has 3 aromatic rings. The van der Waals surface area contributed by atoms with Crippen LogP contribution in [-0.4, -0.2) is 36.8 Å². The molecule has 0 spiro atoms. The molecule has 2 fully saturated rings. The summed E-state index contributed by atoms with van der Waals surface area (Å²) in [5.41, 5.74) is 2.69. The van der Waals surface area contributed by atoms with Crippen LogP contribution in [0.3, 0.4) is 0 Å². The first-order valence-electron chi connectivity index (χ1n) is 9.44. The number of rotatable bonds is 4. The van der Waals surface area contributed by atoms with E-state index in [9.17, 15) is 5.11 Å². The van der Waals surface area contributed by atoms with Crippen LogP contribution in [0.15, 0.2) is 36.5 Å². The standard InChI is InChI=1S/C20H21N5O2/c26-19-10-14(18-11-21-25-23-18)3-4-16(19)17-5-6-20(24-22-17)27-15-8-12-1-2-13(7-12)9-15/h3-6,10-13,15,26H,1-2,7-9H2,(H,21,23,25)/t12-,13+,15?. The van der Waals surface area contributed by atoms with Crippen molar-refractivity contribution in [2.24, 2.45) is 11.8 Å². The molecule has 0 radical (unpaired) electrons. The van der Waals surface area contributed by atoms with Gasteiger partial charge < -0.3 is 9.84 Å². The van der Waals surface area contributed by atoms with E-state index in [4.69, 9.17) is 4.74 Å². The zero-order valence-electron chi connectivity index (χ0n) is 14.9. The molecule has 2 aliphatic rings. The van der Waals surface area contributed by atoms with E-state index in [0.29, 0.717) is 22.8 Å². The molecule has 2 heterocycles. The van der Waals surface area contributed by atoms with Gasteiger partial charge in [0, 0.05) is 17.2 Å². The third-order valence-electron chi connectivity index (χ3n) is 5.75. The highest BCUT2D eigenvalue weighted by atomic mass is 16.5. The molecule has 0 saturated heterocycles. The van der Waals surface area contributed by atoms with Gasteiger partial charge in [-0.3, -0.25) is 0 Å². The number of nitrogens with one attached hydrogen (secondary N) is 1. The van der Waals surface area contributed by atoms with E-state index in [2.05, 4.69) is 25.6 Å². The number of phenolic OH excluding ortho intramolecular Hbond substituents is 1. The molecule has 3 atom stereocenters. The largest absolute Gasteiger partial charge is 0.507 e. The summed E-state index contributed by atoms with van der Waals surface area (Å²) in [5.74, 6) is 2.33. The minimum atomic E-state index is 0.127. The maximum Gasteiger partial charge on any atom is 0.233 e. The SMILES string of the molecule is Oc1cc(-c2cn[nH]n2)ccc1-c1ccc(OC2C[C@H]3CC[C@@H](C2)C3)nn1. The third-order valence-corrected chi connectivity index (χ3v) is 5.75. The molecule has 2 bridgehead atoms. The van der Waals surface area contributed by atoms with Crippen LogP contribution in [0.4, 0.5) is 0 Å². The molecule has 0 aliphatic heterocycles. The van der Waals surface area contributed by atoms with Crippen molar-refractivity contribution in [2.75, 3.05) is 0 Å². The number of benzene rings is 1. The second-order valence-electron chi connectivity index (χ2n) is 7.60. The first kappa shape index (κ1) is 16.2. The number of aromatic nitrogens is 5. The fourth-order valence-electron chi connectivity index (χ4n) is 4.49. The van der Waals surface area contributed by atoms with Crippen LogP contribution in [0.1, 0.15) is 32.1 Å². The molecule has 7 heteroatoms. The predicted octanol–water partition coefficient (Wildman–Crippen LogP) is 3.59. The van der Waals surface area contributed by atoms with Gasteiger partial charge in [0.05, 0.1) is 11.9 Å². The second kappa shape index (κ2) is 6.64. The van der Waals surface area contributed by atoms with Crippen molar-refractivity contribution in [1.82, 2.24) is 25.6 Å². The Bertz CT molecular complexity index is 914. The summed E-state index contributed by atoms with van der Waals surface area (Å²) in [7, 11) is 0. The molecule has 2 saturated carbocycles. The number of nitrogens with zero attached hydrogens (tertiary/aromatic N) is 4. The Kier molecular flexibility index (Phi) is 3.99. The lowest BCUT2D eigenvalue weighted by Gasteiger charge is -2.27. The Labute approximate surface area is 156 Å². The minimum Gasteiger partial charge on any atom is -0.507 e. The number of phenols is 1. The Morgan fingerprint density at radius 3 is 2.48 bits per heavy atom. The first-order valence-corrected chi connectivity index (χ1v) is 9.44. The topological polar surface area (TPSA) is 96.8 Å². The van der Waals surface area contributed by atoms with E-state index in [1.54, 1.807) is 12.3 Å². The van der Waals surface area contributed by atoms with Crippen molar-refractivity contribution in [3.8, 4) is 34.1 Å². The van der Waals surface area contributed by atoms with Gasteiger partial charge in [-0.2, -0.15) is 15.4 Å². The average Bonchev–Trinajstić information content (AvgIpc) is 3.32. The van der Waals surface area contributed by atoms with Crippen molar-refractivity contribution >= 4 is 0 Å². The van der Waals surface area contributed by atoms with E-state index in [-0.39, 0.29) is 11.9 Å². The quantitative estimate of drug-likeness (QED) is 0.735. The normalized spacial score (nSPS) is 24.1. The number of hydrogen-bond donors (Lipinski definition) is 2. The number of H-pyrrole nitrogens is 1. The number of ether oxygens (including phenoxy) is 1. The number of hydrogen-bond acceptors (Lipinski definition) is 6. The van der Waals surface area contributed by atoms with Crippen molar-refractivity contribution in [1.29, 1.82) is 0 Å². The molecular formula is C20H21N5O2. The third kappa shape index (κ3) is 3.25. The van der Waals surface area contributed by atoms with Crippen LogP contribution in [-0.2, 0) is 0 Å². The summed E-state index contributed by atoms with van der Waals surface area (Å²) >= 11 is 0. The lowest BCUT2D eigenvalue weighted by Crippen LogP contribution is -2.26. The molecule has 2 aliphatic carbocycles. The van der Waals surface area contributed by atoms with E-state index in [0.717, 1.165) is 30.2 Å². The molecule has 7 nitrogen and oxygen atoms in total. The van der Waals surface area contributed by atoms with Crippen LogP contribution in [0.5, 0.6) is 11.6 Å². The van der Waals surface area contributed by atoms with Crippen LogP contribution in [0.25, 0.3) is 22.5 Å². The number of aromatic hydroxyl groups is 1. The predicted molar refractivity (Wildman–Crippen MR) is 99.0 cm³/mol. The lowest BCUT2D eigenvalue weighted by molar-refractivity contribution is 0.113. The summed E-state index contributed by atoms with van der Waals surface area (Å²) in [4.78, 5) is 0. The van der Waals surface area contributed by atoms with Gasteiger partial charge in [0.2, 0.25) is 5.88 Å². The highest BCUT2D eigenvalue weighted by Gasteiger charge is 2.35. The number of fused-ring (bicyclic) bond motifs is 2. The Balaban J connectivity index is 1.31. The van der Waals surface area contributed by atoms with Crippen LogP contribution >= 0.6 is 0 Å². The Morgan fingerprint density at radius 1 is 0.963 bits per heavy atom. The van der Waals surface area contributed by atoms with Gasteiger partial charge in [-0.05, 0) is 49.3 Å². The summed E-state index contributed by atoms with van der Waals surface area (Å²) in [5, 5.41) is 29.2. The smallest absolute Gasteiger partial charge is 0.233 e. The number of aromatic amines is 1. The maximum atomic E-state index is 10.4. The summed E-state index contributed by atoms with van der Waals surface area (Å²) in [6.07, 6.45) is 8.18. The molecule has 0 amide bonds. The van der Waals surface area contributed by atoms with Gasteiger partial charge in [-0.25, -0.2) is 0 Å². The van der Waals surface area contributed by atoms with Crippen molar-refractivity contribution < 1.29 is 9.84 Å². The van der Waals surface area contributed by atoms with E-state index < -0.39 is 0 Å². The molecule has 138 valence electrons. The molecule has 27 heavy (non-hydrogen) atoms. The van der Waals surface area contributed by atoms with E-state index in [1.807, 2.05) is 24.3 Å². The summed E-state index contributed by atoms with van der Waals surface area (Å²) < 4.78 is 6.07.